The summed E-state index contributed by atoms with van der Waals surface area (Å²) < 4.78 is 1.68. The van der Waals surface area contributed by atoms with Crippen LogP contribution in [0.3, 0.4) is 0 Å². The fraction of sp³-hybridized carbons (Fsp3) is 0.267. The van der Waals surface area contributed by atoms with E-state index in [-0.39, 0.29) is 17.9 Å². The van der Waals surface area contributed by atoms with E-state index in [1.165, 1.54) is 18.3 Å². The van der Waals surface area contributed by atoms with Crippen LogP contribution < -0.4 is 5.43 Å². The molecule has 0 unspecified atom stereocenters. The minimum absolute atomic E-state index is 0.00254. The highest BCUT2D eigenvalue weighted by atomic mass is 16.3. The summed E-state index contributed by atoms with van der Waals surface area (Å²) in [6.45, 7) is 4.10. The summed E-state index contributed by atoms with van der Waals surface area (Å²) in [4.78, 5) is 11.9. The highest BCUT2D eigenvalue weighted by Crippen LogP contribution is 2.15. The summed E-state index contributed by atoms with van der Waals surface area (Å²) in [5.41, 5.74) is 4.92. The number of amides is 1. The number of aliphatic hydroxyl groups is 1. The van der Waals surface area contributed by atoms with Crippen molar-refractivity contribution in [3.05, 3.63) is 46.8 Å². The molecule has 0 aliphatic rings. The van der Waals surface area contributed by atoms with Crippen molar-refractivity contribution in [1.29, 1.82) is 0 Å². The summed E-state index contributed by atoms with van der Waals surface area (Å²) in [6, 6.07) is 6.24. The van der Waals surface area contributed by atoms with Crippen LogP contribution in [-0.4, -0.2) is 38.7 Å². The fourth-order valence-electron chi connectivity index (χ4n) is 2.09. The number of aromatic hydroxyl groups is 1. The number of phenols is 1. The first kappa shape index (κ1) is 15.7. The van der Waals surface area contributed by atoms with Crippen molar-refractivity contribution in [1.82, 2.24) is 15.2 Å². The number of hydrazone groups is 1. The lowest BCUT2D eigenvalue weighted by molar-refractivity contribution is 0.0952. The molecule has 0 bridgehead atoms. The minimum Gasteiger partial charge on any atom is -0.507 e. The second-order valence-electron chi connectivity index (χ2n) is 4.75. The summed E-state index contributed by atoms with van der Waals surface area (Å²) >= 11 is 0. The van der Waals surface area contributed by atoms with Crippen molar-refractivity contribution < 1.29 is 15.0 Å². The maximum Gasteiger partial charge on any atom is 0.275 e. The van der Waals surface area contributed by atoms with E-state index in [1.54, 1.807) is 16.8 Å². The first-order valence-corrected chi connectivity index (χ1v) is 6.81. The highest BCUT2D eigenvalue weighted by Gasteiger charge is 2.11. The predicted octanol–water partition coefficient (Wildman–Crippen LogP) is 0.962. The van der Waals surface area contributed by atoms with Crippen molar-refractivity contribution >= 4 is 12.1 Å². The van der Waals surface area contributed by atoms with Gasteiger partial charge < -0.3 is 10.2 Å². The van der Waals surface area contributed by atoms with E-state index in [0.29, 0.717) is 6.54 Å². The smallest absolute Gasteiger partial charge is 0.275 e. The zero-order valence-electron chi connectivity index (χ0n) is 12.4. The van der Waals surface area contributed by atoms with Crippen LogP contribution in [0.5, 0.6) is 5.75 Å². The van der Waals surface area contributed by atoms with Gasteiger partial charge in [-0.2, -0.15) is 10.2 Å². The van der Waals surface area contributed by atoms with Crippen molar-refractivity contribution in [2.45, 2.75) is 20.4 Å². The lowest BCUT2D eigenvalue weighted by Gasteiger charge is -2.02. The predicted molar refractivity (Wildman–Crippen MR) is 82.0 cm³/mol. The van der Waals surface area contributed by atoms with Crippen LogP contribution in [0.2, 0.25) is 0 Å². The van der Waals surface area contributed by atoms with E-state index in [0.717, 1.165) is 17.0 Å². The quantitative estimate of drug-likeness (QED) is 0.566. The van der Waals surface area contributed by atoms with Crippen LogP contribution in [-0.2, 0) is 6.54 Å². The molecule has 0 saturated carbocycles. The third-order valence-corrected chi connectivity index (χ3v) is 3.26. The summed E-state index contributed by atoms with van der Waals surface area (Å²) in [7, 11) is 0. The molecular weight excluding hydrogens is 284 g/mol. The first-order valence-electron chi connectivity index (χ1n) is 6.81. The molecule has 0 aliphatic carbocycles. The van der Waals surface area contributed by atoms with Gasteiger partial charge in [-0.3, -0.25) is 9.48 Å². The number of nitrogens with zero attached hydrogens (tertiary/aromatic N) is 3. The monoisotopic (exact) mass is 302 g/mol. The van der Waals surface area contributed by atoms with Crippen molar-refractivity contribution in [3.8, 4) is 5.75 Å². The Balaban J connectivity index is 2.10. The molecule has 0 aliphatic heterocycles. The fourth-order valence-corrected chi connectivity index (χ4v) is 2.09. The molecule has 0 spiro atoms. The zero-order chi connectivity index (χ0) is 16.1. The molecule has 1 amide bonds. The summed E-state index contributed by atoms with van der Waals surface area (Å²) in [6.07, 6.45) is 1.50. The molecule has 3 N–H and O–H groups in total. The van der Waals surface area contributed by atoms with E-state index >= 15 is 0 Å². The second-order valence-corrected chi connectivity index (χ2v) is 4.75. The van der Waals surface area contributed by atoms with Crippen LogP contribution in [0.25, 0.3) is 0 Å². The average Bonchev–Trinajstić information content (AvgIpc) is 2.75. The number of hydrogen-bond acceptors (Lipinski definition) is 5. The average molecular weight is 302 g/mol. The minimum atomic E-state index is -0.493. The van der Waals surface area contributed by atoms with Gasteiger partial charge >= 0.3 is 0 Å². The Morgan fingerprint density at radius 2 is 2.14 bits per heavy atom. The van der Waals surface area contributed by atoms with Crippen molar-refractivity contribution in [2.75, 3.05) is 6.61 Å². The van der Waals surface area contributed by atoms with Crippen LogP contribution in [0.1, 0.15) is 27.3 Å². The van der Waals surface area contributed by atoms with Gasteiger partial charge in [0, 0.05) is 11.3 Å². The Bertz CT molecular complexity index is 707. The van der Waals surface area contributed by atoms with E-state index < -0.39 is 5.91 Å². The number of carbonyl (C=O) groups excluding carboxylic acids is 1. The van der Waals surface area contributed by atoms with E-state index in [4.69, 9.17) is 5.11 Å². The Labute approximate surface area is 127 Å². The summed E-state index contributed by atoms with van der Waals surface area (Å²) in [5, 5.41) is 26.8. The molecule has 7 nitrogen and oxygen atoms in total. The molecule has 116 valence electrons. The largest absolute Gasteiger partial charge is 0.507 e. The summed E-state index contributed by atoms with van der Waals surface area (Å²) in [5.74, 6) is -0.592. The first-order chi connectivity index (χ1) is 10.5. The molecular formula is C15H18N4O3. The number of rotatable bonds is 5. The standard InChI is InChI=1S/C15H18N4O3/c1-10-13(11(2)19(18-10)7-8-20)9-16-17-15(22)12-5-3-4-6-14(12)21/h3-6,9,20-21H,7-8H2,1-2H3,(H,17,22)/b16-9+. The lowest BCUT2D eigenvalue weighted by atomic mass is 10.2. The molecule has 1 aromatic heterocycles. The van der Waals surface area contributed by atoms with E-state index in [9.17, 15) is 9.90 Å². The van der Waals surface area contributed by atoms with Gasteiger partial charge in [-0.15, -0.1) is 0 Å². The zero-order valence-corrected chi connectivity index (χ0v) is 12.4. The number of aliphatic hydroxyl groups excluding tert-OH is 1. The molecule has 2 aromatic rings. The number of hydrogen-bond donors (Lipinski definition) is 3. The van der Waals surface area contributed by atoms with Crippen LogP contribution in [0, 0.1) is 13.8 Å². The number of aromatic nitrogens is 2. The van der Waals surface area contributed by atoms with Gasteiger partial charge in [-0.1, -0.05) is 12.1 Å². The van der Waals surface area contributed by atoms with Gasteiger partial charge in [-0.25, -0.2) is 5.43 Å². The van der Waals surface area contributed by atoms with Crippen LogP contribution in [0.15, 0.2) is 29.4 Å². The topological polar surface area (TPSA) is 99.7 Å². The third-order valence-electron chi connectivity index (χ3n) is 3.26. The molecule has 0 atom stereocenters. The Kier molecular flexibility index (Phi) is 4.90. The van der Waals surface area contributed by atoms with Gasteiger partial charge in [0.05, 0.1) is 30.6 Å². The molecule has 2 rings (SSSR count). The van der Waals surface area contributed by atoms with E-state index in [2.05, 4.69) is 15.6 Å². The van der Waals surface area contributed by atoms with Gasteiger partial charge in [0.1, 0.15) is 5.75 Å². The van der Waals surface area contributed by atoms with Crippen molar-refractivity contribution in [3.63, 3.8) is 0 Å². The Morgan fingerprint density at radius 1 is 1.41 bits per heavy atom. The Morgan fingerprint density at radius 3 is 2.82 bits per heavy atom. The molecule has 0 saturated heterocycles. The second kappa shape index (κ2) is 6.86. The van der Waals surface area contributed by atoms with Gasteiger partial charge in [0.15, 0.2) is 0 Å². The van der Waals surface area contributed by atoms with E-state index in [1.807, 2.05) is 13.8 Å². The molecule has 0 fully saturated rings. The molecule has 0 radical (unpaired) electrons. The normalized spacial score (nSPS) is 11.0. The highest BCUT2D eigenvalue weighted by molar-refractivity contribution is 5.97. The molecule has 1 aromatic carbocycles. The number of phenolic OH excluding ortho intramolecular Hbond substituents is 1. The molecule has 1 heterocycles. The third kappa shape index (κ3) is 3.32. The SMILES string of the molecule is Cc1nn(CCO)c(C)c1/C=N/NC(=O)c1ccccc1O. The number of para-hydroxylation sites is 1. The maximum absolute atomic E-state index is 11.9. The molecule has 7 heteroatoms. The van der Waals surface area contributed by atoms with Gasteiger partial charge in [0.25, 0.3) is 5.91 Å². The Hall–Kier alpha value is -2.67. The van der Waals surface area contributed by atoms with Gasteiger partial charge in [0.2, 0.25) is 0 Å². The molecule has 22 heavy (non-hydrogen) atoms. The van der Waals surface area contributed by atoms with Crippen molar-refractivity contribution in [2.24, 2.45) is 5.10 Å². The van der Waals surface area contributed by atoms with Crippen LogP contribution >= 0.6 is 0 Å². The van der Waals surface area contributed by atoms with Crippen LogP contribution in [0.4, 0.5) is 0 Å². The number of benzene rings is 1. The number of aryl methyl sites for hydroxylation is 1. The number of carbonyl (C=O) groups is 1. The van der Waals surface area contributed by atoms with Gasteiger partial charge in [-0.05, 0) is 26.0 Å². The maximum atomic E-state index is 11.9. The number of nitrogens with one attached hydrogen (secondary N) is 1. The lowest BCUT2D eigenvalue weighted by Crippen LogP contribution is -2.17.